The highest BCUT2D eigenvalue weighted by Gasteiger charge is 2.49. The lowest BCUT2D eigenvalue weighted by Crippen LogP contribution is -2.59. The number of carbonyl (C=O) groups excluding carboxylic acids is 1. The summed E-state index contributed by atoms with van der Waals surface area (Å²) in [5.74, 6) is 0.798. The number of rotatable bonds is 2. The standard InChI is InChI=1S/C18H20N4O2/c1-2-16(23)22-11-18(12-22)4-5-21(10-18)17-13(8-19)7-14-9-24-6-3-15(14)20-17/h2,7H,1,3-6,9-12H2. The first-order valence-electron chi connectivity index (χ1n) is 8.31. The van der Waals surface area contributed by atoms with Gasteiger partial charge in [0, 0.05) is 43.6 Å². The van der Waals surface area contributed by atoms with Crippen molar-refractivity contribution in [2.24, 2.45) is 5.41 Å². The molecule has 0 unspecified atom stereocenters. The Labute approximate surface area is 141 Å². The lowest BCUT2D eigenvalue weighted by atomic mass is 9.79. The van der Waals surface area contributed by atoms with Crippen LogP contribution in [-0.2, 0) is 22.6 Å². The number of anilines is 1. The van der Waals surface area contributed by atoms with Crippen LogP contribution in [0.1, 0.15) is 23.2 Å². The van der Waals surface area contributed by atoms with Gasteiger partial charge in [0.05, 0.1) is 24.5 Å². The van der Waals surface area contributed by atoms with Crippen LogP contribution in [0.2, 0.25) is 0 Å². The number of nitriles is 1. The summed E-state index contributed by atoms with van der Waals surface area (Å²) in [5.41, 5.74) is 2.84. The molecule has 124 valence electrons. The SMILES string of the molecule is C=CC(=O)N1CC2(CCN(c3nc4c(cc3C#N)COCC4)C2)C1. The molecule has 1 spiro atoms. The summed E-state index contributed by atoms with van der Waals surface area (Å²) in [6.07, 6.45) is 3.20. The van der Waals surface area contributed by atoms with Gasteiger partial charge >= 0.3 is 0 Å². The molecule has 4 rings (SSSR count). The van der Waals surface area contributed by atoms with Crippen LogP contribution in [0, 0.1) is 16.7 Å². The molecule has 3 aliphatic heterocycles. The predicted octanol–water partition coefficient (Wildman–Crippen LogP) is 1.25. The van der Waals surface area contributed by atoms with Crippen molar-refractivity contribution in [3.8, 4) is 6.07 Å². The number of fused-ring (bicyclic) bond motifs is 1. The summed E-state index contributed by atoms with van der Waals surface area (Å²) < 4.78 is 5.46. The molecule has 0 saturated carbocycles. The Morgan fingerprint density at radius 1 is 1.46 bits per heavy atom. The van der Waals surface area contributed by atoms with E-state index in [0.29, 0.717) is 18.8 Å². The van der Waals surface area contributed by atoms with E-state index in [-0.39, 0.29) is 11.3 Å². The minimum Gasteiger partial charge on any atom is -0.376 e. The van der Waals surface area contributed by atoms with Crippen LogP contribution < -0.4 is 4.90 Å². The molecule has 0 aliphatic carbocycles. The van der Waals surface area contributed by atoms with Gasteiger partial charge < -0.3 is 14.5 Å². The molecule has 0 atom stereocenters. The van der Waals surface area contributed by atoms with Crippen molar-refractivity contribution in [3.05, 3.63) is 35.5 Å². The zero-order valence-electron chi connectivity index (χ0n) is 13.6. The van der Waals surface area contributed by atoms with Crippen LogP contribution in [0.25, 0.3) is 0 Å². The third-order valence-electron chi connectivity index (χ3n) is 5.31. The van der Waals surface area contributed by atoms with Gasteiger partial charge in [-0.3, -0.25) is 4.79 Å². The quantitative estimate of drug-likeness (QED) is 0.766. The van der Waals surface area contributed by atoms with E-state index in [1.54, 1.807) is 0 Å². The molecular formula is C18H20N4O2. The maximum atomic E-state index is 11.7. The van der Waals surface area contributed by atoms with Gasteiger partial charge in [0.15, 0.2) is 0 Å². The first kappa shape index (κ1) is 15.2. The Bertz CT molecular complexity index is 746. The first-order chi connectivity index (χ1) is 11.6. The Kier molecular flexibility index (Phi) is 3.54. The zero-order valence-corrected chi connectivity index (χ0v) is 13.6. The highest BCUT2D eigenvalue weighted by Crippen LogP contribution is 2.41. The van der Waals surface area contributed by atoms with E-state index in [1.807, 2.05) is 11.0 Å². The second-order valence-electron chi connectivity index (χ2n) is 6.95. The molecule has 3 aliphatic rings. The van der Waals surface area contributed by atoms with Gasteiger partial charge in [-0.2, -0.15) is 5.26 Å². The molecule has 0 radical (unpaired) electrons. The third kappa shape index (κ3) is 2.36. The number of ether oxygens (including phenoxy) is 1. The molecule has 1 aromatic heterocycles. The second kappa shape index (κ2) is 5.60. The smallest absolute Gasteiger partial charge is 0.245 e. The number of amides is 1. The molecule has 1 aromatic rings. The average molecular weight is 324 g/mol. The van der Waals surface area contributed by atoms with Crippen LogP contribution in [0.3, 0.4) is 0 Å². The Morgan fingerprint density at radius 3 is 3.04 bits per heavy atom. The van der Waals surface area contributed by atoms with Crippen molar-refractivity contribution in [1.29, 1.82) is 5.26 Å². The Morgan fingerprint density at radius 2 is 2.29 bits per heavy atom. The van der Waals surface area contributed by atoms with Crippen molar-refractivity contribution in [2.75, 3.05) is 37.7 Å². The molecule has 1 amide bonds. The lowest BCUT2D eigenvalue weighted by molar-refractivity contribution is -0.136. The van der Waals surface area contributed by atoms with Crippen molar-refractivity contribution in [1.82, 2.24) is 9.88 Å². The number of nitrogens with zero attached hydrogens (tertiary/aromatic N) is 4. The number of hydrogen-bond acceptors (Lipinski definition) is 5. The normalized spacial score (nSPS) is 21.1. The molecule has 0 aromatic carbocycles. The van der Waals surface area contributed by atoms with Crippen LogP contribution >= 0.6 is 0 Å². The fourth-order valence-electron chi connectivity index (χ4n) is 4.02. The van der Waals surface area contributed by atoms with Crippen LogP contribution in [-0.4, -0.2) is 48.6 Å². The molecule has 6 heteroatoms. The summed E-state index contributed by atoms with van der Waals surface area (Å²) >= 11 is 0. The first-order valence-corrected chi connectivity index (χ1v) is 8.31. The fourth-order valence-corrected chi connectivity index (χ4v) is 4.02. The Balaban J connectivity index is 1.55. The molecule has 0 N–H and O–H groups in total. The predicted molar refractivity (Wildman–Crippen MR) is 88.4 cm³/mol. The minimum absolute atomic E-state index is 0.00342. The van der Waals surface area contributed by atoms with Gasteiger partial charge in [-0.15, -0.1) is 0 Å². The molecule has 6 nitrogen and oxygen atoms in total. The summed E-state index contributed by atoms with van der Waals surface area (Å²) in [6, 6.07) is 4.21. The van der Waals surface area contributed by atoms with Gasteiger partial charge in [0.25, 0.3) is 0 Å². The monoisotopic (exact) mass is 324 g/mol. The number of pyridine rings is 1. The van der Waals surface area contributed by atoms with Crippen molar-refractivity contribution < 1.29 is 9.53 Å². The maximum Gasteiger partial charge on any atom is 0.245 e. The highest BCUT2D eigenvalue weighted by atomic mass is 16.5. The number of hydrogen-bond donors (Lipinski definition) is 0. The van der Waals surface area contributed by atoms with Crippen molar-refractivity contribution >= 4 is 11.7 Å². The van der Waals surface area contributed by atoms with E-state index in [1.165, 1.54) is 6.08 Å². The van der Waals surface area contributed by atoms with E-state index in [0.717, 1.165) is 56.1 Å². The molecular weight excluding hydrogens is 304 g/mol. The summed E-state index contributed by atoms with van der Waals surface area (Å²) in [7, 11) is 0. The molecule has 0 bridgehead atoms. The van der Waals surface area contributed by atoms with E-state index in [9.17, 15) is 10.1 Å². The number of likely N-dealkylation sites (tertiary alicyclic amines) is 1. The van der Waals surface area contributed by atoms with Crippen LogP contribution in [0.4, 0.5) is 5.82 Å². The second-order valence-corrected chi connectivity index (χ2v) is 6.95. The number of aromatic nitrogens is 1. The molecule has 24 heavy (non-hydrogen) atoms. The van der Waals surface area contributed by atoms with E-state index >= 15 is 0 Å². The van der Waals surface area contributed by atoms with E-state index in [4.69, 9.17) is 9.72 Å². The summed E-state index contributed by atoms with van der Waals surface area (Å²) in [4.78, 5) is 20.5. The van der Waals surface area contributed by atoms with Gasteiger partial charge in [0.1, 0.15) is 11.9 Å². The fraction of sp³-hybridized carbons (Fsp3) is 0.500. The molecule has 4 heterocycles. The van der Waals surface area contributed by atoms with Gasteiger partial charge in [-0.25, -0.2) is 4.98 Å². The van der Waals surface area contributed by atoms with E-state index in [2.05, 4.69) is 17.5 Å². The van der Waals surface area contributed by atoms with Gasteiger partial charge in [-0.05, 0) is 18.6 Å². The average Bonchev–Trinajstić information content (AvgIpc) is 3.04. The minimum atomic E-state index is 0.00342. The topological polar surface area (TPSA) is 69.5 Å². The zero-order chi connectivity index (χ0) is 16.7. The van der Waals surface area contributed by atoms with Gasteiger partial charge in [-0.1, -0.05) is 6.58 Å². The number of carbonyl (C=O) groups is 1. The van der Waals surface area contributed by atoms with Crippen LogP contribution in [0.15, 0.2) is 18.7 Å². The van der Waals surface area contributed by atoms with Crippen LogP contribution in [0.5, 0.6) is 0 Å². The maximum absolute atomic E-state index is 11.7. The molecule has 2 saturated heterocycles. The summed E-state index contributed by atoms with van der Waals surface area (Å²) in [5, 5.41) is 9.51. The third-order valence-corrected chi connectivity index (χ3v) is 5.31. The van der Waals surface area contributed by atoms with Crippen molar-refractivity contribution in [2.45, 2.75) is 19.4 Å². The van der Waals surface area contributed by atoms with Crippen molar-refractivity contribution in [3.63, 3.8) is 0 Å². The van der Waals surface area contributed by atoms with Gasteiger partial charge in [0.2, 0.25) is 5.91 Å². The summed E-state index contributed by atoms with van der Waals surface area (Å²) in [6.45, 7) is 8.06. The lowest BCUT2D eigenvalue weighted by Gasteiger charge is -2.47. The Hall–Kier alpha value is -2.39. The van der Waals surface area contributed by atoms with E-state index < -0.39 is 0 Å². The highest BCUT2D eigenvalue weighted by molar-refractivity contribution is 5.87. The largest absolute Gasteiger partial charge is 0.376 e. The molecule has 2 fully saturated rings.